The van der Waals surface area contributed by atoms with Gasteiger partial charge in [0.2, 0.25) is 17.7 Å². The molecule has 13 heteroatoms. The third-order valence-electron chi connectivity index (χ3n) is 6.08. The minimum Gasteiger partial charge on any atom is -0.481 e. The van der Waals surface area contributed by atoms with Crippen LogP contribution in [0.4, 0.5) is 0 Å². The van der Waals surface area contributed by atoms with Crippen molar-refractivity contribution in [1.82, 2.24) is 20.5 Å². The predicted octanol–water partition coefficient (Wildman–Crippen LogP) is -1.45. The Labute approximate surface area is 205 Å². The smallest absolute Gasteiger partial charge is 0.328 e. The highest BCUT2D eigenvalue weighted by molar-refractivity contribution is 5.95. The van der Waals surface area contributed by atoms with Crippen molar-refractivity contribution >= 4 is 40.6 Å². The number of fused-ring (bicyclic) bond motifs is 1. The van der Waals surface area contributed by atoms with E-state index in [1.807, 2.05) is 24.3 Å². The lowest BCUT2D eigenvalue weighted by Crippen LogP contribution is -2.57. The van der Waals surface area contributed by atoms with E-state index in [1.165, 1.54) is 4.90 Å². The minimum atomic E-state index is -1.52. The lowest BCUT2D eigenvalue weighted by atomic mass is 10.0. The molecule has 1 aliphatic heterocycles. The van der Waals surface area contributed by atoms with Crippen molar-refractivity contribution in [2.75, 3.05) is 13.2 Å². The molecule has 2 aromatic rings. The van der Waals surface area contributed by atoms with Gasteiger partial charge in [-0.05, 0) is 24.5 Å². The molecule has 13 nitrogen and oxygen atoms in total. The van der Waals surface area contributed by atoms with Gasteiger partial charge in [-0.15, -0.1) is 0 Å². The summed E-state index contributed by atoms with van der Waals surface area (Å²) in [4.78, 5) is 65.5. The summed E-state index contributed by atoms with van der Waals surface area (Å²) < 4.78 is 0. The molecule has 0 spiro atoms. The van der Waals surface area contributed by atoms with Gasteiger partial charge in [0.1, 0.15) is 18.1 Å². The molecular formula is C23H29N5O8. The fourth-order valence-electron chi connectivity index (χ4n) is 4.24. The molecule has 1 fully saturated rings. The van der Waals surface area contributed by atoms with Crippen molar-refractivity contribution in [2.24, 2.45) is 5.73 Å². The maximum absolute atomic E-state index is 13.6. The number of likely N-dealkylation sites (tertiary alicyclic amines) is 1. The van der Waals surface area contributed by atoms with Crippen LogP contribution in [0.5, 0.6) is 0 Å². The van der Waals surface area contributed by atoms with E-state index in [1.54, 1.807) is 6.20 Å². The van der Waals surface area contributed by atoms with Gasteiger partial charge in [0.25, 0.3) is 0 Å². The van der Waals surface area contributed by atoms with Gasteiger partial charge >= 0.3 is 11.9 Å². The number of aromatic amines is 1. The van der Waals surface area contributed by atoms with Crippen molar-refractivity contribution in [3.63, 3.8) is 0 Å². The number of benzene rings is 1. The number of carboxylic acid groups (broad SMARTS) is 2. The number of hydrogen-bond donors (Lipinski definition) is 7. The predicted molar refractivity (Wildman–Crippen MR) is 126 cm³/mol. The standard InChI is InChI=1S/C23H29N5O8/c24-14(9-19(30)31)20(32)26-16(8-12-10-25-15-5-2-1-4-13(12)15)22(34)28-7-3-6-18(28)21(33)27-17(11-29)23(35)36/h1-2,4-5,10,14,16-18,25,29H,3,6-9,11,24H2,(H,26,32)(H,27,33)(H,30,31)(H,35,36). The third kappa shape index (κ3) is 6.17. The average Bonchev–Trinajstić information content (AvgIpc) is 3.48. The van der Waals surface area contributed by atoms with Crippen LogP contribution in [-0.2, 0) is 30.4 Å². The number of H-pyrrole nitrogens is 1. The maximum atomic E-state index is 13.6. The highest BCUT2D eigenvalue weighted by atomic mass is 16.4. The van der Waals surface area contributed by atoms with Crippen molar-refractivity contribution < 1.29 is 39.3 Å². The van der Waals surface area contributed by atoms with Crippen LogP contribution < -0.4 is 16.4 Å². The number of para-hydroxylation sites is 1. The third-order valence-corrected chi connectivity index (χ3v) is 6.08. The molecule has 4 atom stereocenters. The van der Waals surface area contributed by atoms with Crippen LogP contribution in [0.1, 0.15) is 24.8 Å². The topological polar surface area (TPSA) is 215 Å². The van der Waals surface area contributed by atoms with Crippen molar-refractivity contribution in [2.45, 2.75) is 49.9 Å². The Bertz CT molecular complexity index is 1150. The summed E-state index contributed by atoms with van der Waals surface area (Å²) in [6.07, 6.45) is 1.83. The number of aromatic nitrogens is 1. The van der Waals surface area contributed by atoms with Gasteiger partial charge in [-0.3, -0.25) is 19.2 Å². The quantitative estimate of drug-likeness (QED) is 0.191. The number of nitrogens with zero attached hydrogens (tertiary/aromatic N) is 1. The van der Waals surface area contributed by atoms with Crippen LogP contribution >= 0.6 is 0 Å². The Morgan fingerprint density at radius 1 is 1.11 bits per heavy atom. The molecule has 8 N–H and O–H groups in total. The first-order valence-corrected chi connectivity index (χ1v) is 11.4. The number of rotatable bonds is 11. The zero-order valence-corrected chi connectivity index (χ0v) is 19.3. The molecule has 0 saturated carbocycles. The summed E-state index contributed by atoms with van der Waals surface area (Å²) in [5.74, 6) is -4.85. The lowest BCUT2D eigenvalue weighted by Gasteiger charge is -2.29. The van der Waals surface area contributed by atoms with Crippen LogP contribution in [0.15, 0.2) is 30.5 Å². The molecule has 1 aromatic heterocycles. The Balaban J connectivity index is 1.84. The lowest BCUT2D eigenvalue weighted by molar-refractivity contribution is -0.145. The van der Waals surface area contributed by atoms with Crippen molar-refractivity contribution in [3.05, 3.63) is 36.0 Å². The van der Waals surface area contributed by atoms with Gasteiger partial charge in [-0.25, -0.2) is 4.79 Å². The number of aliphatic hydroxyl groups is 1. The summed E-state index contributed by atoms with van der Waals surface area (Å²) in [7, 11) is 0. The minimum absolute atomic E-state index is 0.0353. The van der Waals surface area contributed by atoms with E-state index in [2.05, 4.69) is 15.6 Å². The summed E-state index contributed by atoms with van der Waals surface area (Å²) >= 11 is 0. The van der Waals surface area contributed by atoms with Crippen LogP contribution in [0.2, 0.25) is 0 Å². The monoisotopic (exact) mass is 503 g/mol. The average molecular weight is 504 g/mol. The second-order valence-corrected chi connectivity index (χ2v) is 8.60. The normalized spacial score (nSPS) is 17.8. The molecule has 194 valence electrons. The van der Waals surface area contributed by atoms with Crippen LogP contribution in [-0.4, -0.2) is 92.2 Å². The first kappa shape index (κ1) is 26.6. The van der Waals surface area contributed by atoms with E-state index in [9.17, 15) is 29.1 Å². The molecule has 1 aromatic carbocycles. The fourth-order valence-corrected chi connectivity index (χ4v) is 4.24. The second kappa shape index (κ2) is 11.6. The highest BCUT2D eigenvalue weighted by Gasteiger charge is 2.39. The zero-order valence-electron chi connectivity index (χ0n) is 19.3. The van der Waals surface area contributed by atoms with Gasteiger partial charge in [-0.2, -0.15) is 0 Å². The van der Waals surface area contributed by atoms with Gasteiger partial charge in [0.15, 0.2) is 0 Å². The Morgan fingerprint density at radius 3 is 2.50 bits per heavy atom. The van der Waals surface area contributed by atoms with Crippen molar-refractivity contribution in [3.8, 4) is 0 Å². The molecule has 36 heavy (non-hydrogen) atoms. The maximum Gasteiger partial charge on any atom is 0.328 e. The van der Waals surface area contributed by atoms with E-state index < -0.39 is 66.9 Å². The molecule has 0 radical (unpaired) electrons. The SMILES string of the molecule is NC(CC(=O)O)C(=O)NC(Cc1c[nH]c2ccccc12)C(=O)N1CCCC1C(=O)NC(CO)C(=O)O. The summed E-state index contributed by atoms with van der Waals surface area (Å²) in [5, 5.41) is 32.9. The number of nitrogens with one attached hydrogen (secondary N) is 3. The van der Waals surface area contributed by atoms with E-state index in [4.69, 9.17) is 15.9 Å². The molecule has 0 aliphatic carbocycles. The first-order chi connectivity index (χ1) is 17.1. The van der Waals surface area contributed by atoms with Gasteiger partial charge in [0, 0.05) is 30.1 Å². The molecule has 3 amide bonds. The van der Waals surface area contributed by atoms with Crippen LogP contribution in [0.25, 0.3) is 10.9 Å². The summed E-state index contributed by atoms with van der Waals surface area (Å²) in [6, 6.07) is 2.26. The van der Waals surface area contributed by atoms with Gasteiger partial charge < -0.3 is 41.6 Å². The molecule has 1 saturated heterocycles. The molecule has 3 rings (SSSR count). The van der Waals surface area contributed by atoms with E-state index in [0.29, 0.717) is 12.0 Å². The molecular weight excluding hydrogens is 474 g/mol. The Morgan fingerprint density at radius 2 is 1.83 bits per heavy atom. The number of nitrogens with two attached hydrogens (primary N) is 1. The van der Waals surface area contributed by atoms with Crippen molar-refractivity contribution in [1.29, 1.82) is 0 Å². The Hall–Kier alpha value is -3.97. The highest BCUT2D eigenvalue weighted by Crippen LogP contribution is 2.23. The number of carbonyl (C=O) groups is 5. The fraction of sp³-hybridized carbons (Fsp3) is 0.435. The van der Waals surface area contributed by atoms with E-state index in [-0.39, 0.29) is 19.4 Å². The van der Waals surface area contributed by atoms with Crippen LogP contribution in [0.3, 0.4) is 0 Å². The first-order valence-electron chi connectivity index (χ1n) is 11.4. The molecule has 0 bridgehead atoms. The summed E-state index contributed by atoms with van der Waals surface area (Å²) in [6.45, 7) is -0.627. The van der Waals surface area contributed by atoms with E-state index >= 15 is 0 Å². The Kier molecular flexibility index (Phi) is 8.61. The molecule has 4 unspecified atom stereocenters. The number of carboxylic acids is 2. The number of amides is 3. The largest absolute Gasteiger partial charge is 0.481 e. The van der Waals surface area contributed by atoms with Gasteiger partial charge in [-0.1, -0.05) is 18.2 Å². The zero-order chi connectivity index (χ0) is 26.4. The molecule has 2 heterocycles. The van der Waals surface area contributed by atoms with Gasteiger partial charge in [0.05, 0.1) is 19.1 Å². The number of aliphatic carboxylic acids is 2. The number of hydrogen-bond acceptors (Lipinski definition) is 7. The van der Waals surface area contributed by atoms with E-state index in [0.717, 1.165) is 10.9 Å². The molecule has 1 aliphatic rings. The summed E-state index contributed by atoms with van der Waals surface area (Å²) in [5.41, 5.74) is 7.22. The number of carbonyl (C=O) groups excluding carboxylic acids is 3. The number of aliphatic hydroxyl groups excluding tert-OH is 1. The van der Waals surface area contributed by atoms with Crippen LogP contribution in [0, 0.1) is 0 Å². The second-order valence-electron chi connectivity index (χ2n) is 8.60.